The van der Waals surface area contributed by atoms with Gasteiger partial charge < -0.3 is 5.32 Å². The van der Waals surface area contributed by atoms with Crippen molar-refractivity contribution in [2.24, 2.45) is 0 Å². The highest BCUT2D eigenvalue weighted by Crippen LogP contribution is 2.22. The molecule has 3 aromatic rings. The maximum atomic E-state index is 12.7. The number of imidazole rings is 1. The first-order chi connectivity index (χ1) is 14.5. The minimum atomic E-state index is -3.82. The molecule has 2 N–H and O–H groups in total. The summed E-state index contributed by atoms with van der Waals surface area (Å²) >= 11 is 0. The van der Waals surface area contributed by atoms with Gasteiger partial charge in [0.25, 0.3) is 0 Å². The van der Waals surface area contributed by atoms with Crippen LogP contribution in [-0.2, 0) is 27.9 Å². The lowest BCUT2D eigenvalue weighted by Gasteiger charge is -2.21. The van der Waals surface area contributed by atoms with Crippen molar-refractivity contribution in [3.05, 3.63) is 59.0 Å². The van der Waals surface area contributed by atoms with E-state index in [1.165, 1.54) is 6.07 Å². The van der Waals surface area contributed by atoms with Crippen molar-refractivity contribution < 1.29 is 13.2 Å². The van der Waals surface area contributed by atoms with Crippen LogP contribution < -0.4 is 15.7 Å². The van der Waals surface area contributed by atoms with E-state index in [-0.39, 0.29) is 35.1 Å². The third-order valence-electron chi connectivity index (χ3n) is 4.70. The van der Waals surface area contributed by atoms with Crippen molar-refractivity contribution in [2.75, 3.05) is 5.32 Å². The normalized spacial score (nSPS) is 12.3. The number of amides is 1. The Labute approximate surface area is 181 Å². The zero-order valence-corrected chi connectivity index (χ0v) is 19.0. The molecule has 9 heteroatoms. The number of sulfonamides is 1. The van der Waals surface area contributed by atoms with Gasteiger partial charge in [-0.1, -0.05) is 24.3 Å². The van der Waals surface area contributed by atoms with E-state index < -0.39 is 15.6 Å². The van der Waals surface area contributed by atoms with E-state index in [9.17, 15) is 18.0 Å². The summed E-state index contributed by atoms with van der Waals surface area (Å²) in [5.74, 6) is -0.376. The molecular weight excluding hydrogens is 416 g/mol. The number of anilines is 1. The number of aryl methyl sites for hydroxylation is 2. The van der Waals surface area contributed by atoms with Crippen LogP contribution in [0.5, 0.6) is 0 Å². The largest absolute Gasteiger partial charge is 0.329 e. The number of benzene rings is 2. The minimum Gasteiger partial charge on any atom is -0.325 e. The van der Waals surface area contributed by atoms with Gasteiger partial charge in [-0.05, 0) is 52.0 Å². The van der Waals surface area contributed by atoms with Gasteiger partial charge in [-0.3, -0.25) is 13.9 Å². The van der Waals surface area contributed by atoms with Gasteiger partial charge in [0, 0.05) is 25.0 Å². The number of nitrogens with zero attached hydrogens (tertiary/aromatic N) is 2. The highest BCUT2D eigenvalue weighted by molar-refractivity contribution is 7.89. The summed E-state index contributed by atoms with van der Waals surface area (Å²) in [5.41, 5.74) is 0.950. The van der Waals surface area contributed by atoms with Crippen LogP contribution in [-0.4, -0.2) is 29.0 Å². The Bertz CT molecular complexity index is 1270. The van der Waals surface area contributed by atoms with E-state index in [0.29, 0.717) is 6.54 Å². The molecule has 1 heterocycles. The average Bonchev–Trinajstić information content (AvgIpc) is 2.95. The van der Waals surface area contributed by atoms with Crippen molar-refractivity contribution in [2.45, 2.75) is 57.6 Å². The Morgan fingerprint density at radius 2 is 1.55 bits per heavy atom. The molecule has 0 aliphatic heterocycles. The van der Waals surface area contributed by atoms with Gasteiger partial charge in [0.15, 0.2) is 0 Å². The number of rotatable bonds is 7. The number of carbonyl (C=O) groups is 1. The maximum Gasteiger partial charge on any atom is 0.329 e. The molecule has 0 atom stereocenters. The van der Waals surface area contributed by atoms with E-state index in [4.69, 9.17) is 0 Å². The van der Waals surface area contributed by atoms with Crippen LogP contribution in [0.2, 0.25) is 0 Å². The van der Waals surface area contributed by atoms with Gasteiger partial charge in [-0.25, -0.2) is 17.9 Å². The maximum absolute atomic E-state index is 12.7. The van der Waals surface area contributed by atoms with Crippen molar-refractivity contribution in [3.8, 4) is 0 Å². The Morgan fingerprint density at radius 3 is 2.16 bits per heavy atom. The van der Waals surface area contributed by atoms with E-state index in [0.717, 1.165) is 11.0 Å². The molecule has 2 aromatic carbocycles. The fourth-order valence-corrected chi connectivity index (χ4v) is 5.06. The number of para-hydroxylation sites is 3. The van der Waals surface area contributed by atoms with Crippen LogP contribution in [0.1, 0.15) is 34.1 Å². The first kappa shape index (κ1) is 22.8. The summed E-state index contributed by atoms with van der Waals surface area (Å²) < 4.78 is 31.3. The first-order valence-corrected chi connectivity index (χ1v) is 11.6. The molecule has 0 fully saturated rings. The molecule has 8 nitrogen and oxygen atoms in total. The molecule has 0 spiro atoms. The Kier molecular flexibility index (Phi) is 6.38. The molecule has 1 amide bonds. The quantitative estimate of drug-likeness (QED) is 0.585. The zero-order valence-electron chi connectivity index (χ0n) is 18.2. The smallest absolute Gasteiger partial charge is 0.325 e. The lowest BCUT2D eigenvalue weighted by Crippen LogP contribution is -2.40. The molecule has 0 aliphatic carbocycles. The van der Waals surface area contributed by atoms with Crippen LogP contribution >= 0.6 is 0 Å². The molecule has 0 radical (unpaired) electrons. The molecular formula is C22H28N4O4S. The van der Waals surface area contributed by atoms with Gasteiger partial charge in [0.05, 0.1) is 16.7 Å². The van der Waals surface area contributed by atoms with Crippen molar-refractivity contribution in [1.82, 2.24) is 13.9 Å². The molecule has 0 aliphatic rings. The molecule has 0 saturated carbocycles. The average molecular weight is 445 g/mol. The first-order valence-electron chi connectivity index (χ1n) is 10.1. The van der Waals surface area contributed by atoms with Gasteiger partial charge in [0.2, 0.25) is 15.9 Å². The second-order valence-corrected chi connectivity index (χ2v) is 9.97. The molecule has 31 heavy (non-hydrogen) atoms. The van der Waals surface area contributed by atoms with E-state index in [1.807, 2.05) is 31.2 Å². The van der Waals surface area contributed by atoms with E-state index in [1.54, 1.807) is 48.1 Å². The standard InChI is InChI=1S/C22H28N4O4S/c1-5-25-17-11-7-8-12-18(17)26(21(25)28)15-14-20(27)23-16-10-6-9-13-19(16)31(29,30)24-22(2,3)4/h6-13,24H,5,14-15H2,1-4H3,(H,23,27). The van der Waals surface area contributed by atoms with Crippen molar-refractivity contribution in [1.29, 1.82) is 0 Å². The van der Waals surface area contributed by atoms with Crippen molar-refractivity contribution in [3.63, 3.8) is 0 Å². The van der Waals surface area contributed by atoms with Crippen LogP contribution in [0.15, 0.2) is 58.2 Å². The van der Waals surface area contributed by atoms with Crippen LogP contribution in [0.3, 0.4) is 0 Å². The van der Waals surface area contributed by atoms with E-state index in [2.05, 4.69) is 10.0 Å². The molecule has 1 aromatic heterocycles. The number of hydrogen-bond acceptors (Lipinski definition) is 4. The molecule has 3 rings (SSSR count). The third-order valence-corrected chi connectivity index (χ3v) is 6.51. The van der Waals surface area contributed by atoms with Gasteiger partial charge in [0.1, 0.15) is 4.90 Å². The topological polar surface area (TPSA) is 102 Å². The Morgan fingerprint density at radius 1 is 0.968 bits per heavy atom. The summed E-state index contributed by atoms with van der Waals surface area (Å²) in [6, 6.07) is 13.7. The zero-order chi connectivity index (χ0) is 22.8. The highest BCUT2D eigenvalue weighted by atomic mass is 32.2. The highest BCUT2D eigenvalue weighted by Gasteiger charge is 2.25. The van der Waals surface area contributed by atoms with Crippen LogP contribution in [0.4, 0.5) is 5.69 Å². The summed E-state index contributed by atoms with van der Waals surface area (Å²) in [5, 5.41) is 2.68. The van der Waals surface area contributed by atoms with E-state index >= 15 is 0 Å². The molecule has 166 valence electrons. The number of hydrogen-bond donors (Lipinski definition) is 2. The summed E-state index contributed by atoms with van der Waals surface area (Å²) in [6.07, 6.45) is 0.0265. The molecule has 0 saturated heterocycles. The predicted octanol–water partition coefficient (Wildman–Crippen LogP) is 2.93. The number of fused-ring (bicyclic) bond motifs is 1. The Balaban J connectivity index is 1.80. The van der Waals surface area contributed by atoms with Crippen LogP contribution in [0, 0.1) is 0 Å². The molecule has 0 unspecified atom stereocenters. The lowest BCUT2D eigenvalue weighted by molar-refractivity contribution is -0.116. The van der Waals surface area contributed by atoms with Crippen molar-refractivity contribution >= 4 is 32.7 Å². The second-order valence-electron chi connectivity index (χ2n) is 8.32. The minimum absolute atomic E-state index is 0.00183. The van der Waals surface area contributed by atoms with Gasteiger partial charge >= 0.3 is 5.69 Å². The second kappa shape index (κ2) is 8.68. The fourth-order valence-electron chi connectivity index (χ4n) is 3.48. The molecule has 0 bridgehead atoms. The summed E-state index contributed by atoms with van der Waals surface area (Å²) in [7, 11) is -3.82. The SMILES string of the molecule is CCn1c(=O)n(CCC(=O)Nc2ccccc2S(=O)(=O)NC(C)(C)C)c2ccccc21. The lowest BCUT2D eigenvalue weighted by atomic mass is 10.1. The summed E-state index contributed by atoms with van der Waals surface area (Å²) in [4.78, 5) is 25.3. The number of carbonyl (C=O) groups excluding carboxylic acids is 1. The monoisotopic (exact) mass is 444 g/mol. The fraction of sp³-hybridized carbons (Fsp3) is 0.364. The predicted molar refractivity (Wildman–Crippen MR) is 122 cm³/mol. The number of aromatic nitrogens is 2. The third kappa shape index (κ3) is 5.05. The summed E-state index contributed by atoms with van der Waals surface area (Å²) in [6.45, 7) is 7.86. The number of nitrogens with one attached hydrogen (secondary N) is 2. The van der Waals surface area contributed by atoms with Gasteiger partial charge in [-0.2, -0.15) is 0 Å². The van der Waals surface area contributed by atoms with Gasteiger partial charge in [-0.15, -0.1) is 0 Å². The van der Waals surface area contributed by atoms with Crippen LogP contribution in [0.25, 0.3) is 11.0 Å². The Hall–Kier alpha value is -2.91.